The van der Waals surface area contributed by atoms with Crippen molar-refractivity contribution in [2.75, 3.05) is 19.0 Å². The van der Waals surface area contributed by atoms with E-state index in [9.17, 15) is 14.5 Å². The van der Waals surface area contributed by atoms with E-state index in [1.165, 1.54) is 24.4 Å². The van der Waals surface area contributed by atoms with Gasteiger partial charge < -0.3 is 14.8 Å². The lowest BCUT2D eigenvalue weighted by molar-refractivity contribution is -0.383. The van der Waals surface area contributed by atoms with Gasteiger partial charge in [-0.15, -0.1) is 0 Å². The third kappa shape index (κ3) is 4.43. The van der Waals surface area contributed by atoms with Gasteiger partial charge in [-0.05, 0) is 48.9 Å². The molecule has 0 aliphatic carbocycles. The Morgan fingerprint density at radius 3 is 2.69 bits per heavy atom. The van der Waals surface area contributed by atoms with Crippen LogP contribution in [0.3, 0.4) is 0 Å². The molecule has 0 aliphatic heterocycles. The van der Waals surface area contributed by atoms with Gasteiger partial charge in [0.25, 0.3) is 0 Å². The summed E-state index contributed by atoms with van der Waals surface area (Å²) in [5.74, 6) is 0.576. The van der Waals surface area contributed by atoms with Crippen LogP contribution in [0.25, 0.3) is 11.3 Å². The van der Waals surface area contributed by atoms with Crippen molar-refractivity contribution in [2.45, 2.75) is 13.5 Å². The number of anilines is 1. The molecule has 1 heterocycles. The van der Waals surface area contributed by atoms with Crippen molar-refractivity contribution in [3.05, 3.63) is 76.2 Å². The van der Waals surface area contributed by atoms with Crippen LogP contribution in [0.1, 0.15) is 12.5 Å². The molecule has 150 valence electrons. The number of halogens is 1. The number of rotatable bonds is 8. The van der Waals surface area contributed by atoms with Crippen LogP contribution in [0, 0.1) is 15.9 Å². The Hall–Kier alpha value is -3.68. The largest absolute Gasteiger partial charge is 0.493 e. The van der Waals surface area contributed by atoms with E-state index < -0.39 is 10.7 Å². The second-order valence-corrected chi connectivity index (χ2v) is 6.06. The van der Waals surface area contributed by atoms with E-state index in [0.29, 0.717) is 24.7 Å². The Kier molecular flexibility index (Phi) is 6.23. The van der Waals surface area contributed by atoms with Crippen LogP contribution in [0.15, 0.2) is 54.7 Å². The number of nitrogens with one attached hydrogen (secondary N) is 1. The molecule has 0 aliphatic rings. The molecule has 0 atom stereocenters. The first kappa shape index (κ1) is 20.1. The van der Waals surface area contributed by atoms with Crippen molar-refractivity contribution in [2.24, 2.45) is 0 Å². The number of hydrogen-bond donors (Lipinski definition) is 1. The maximum absolute atomic E-state index is 14.2. The van der Waals surface area contributed by atoms with Crippen LogP contribution in [0.5, 0.6) is 11.5 Å². The van der Waals surface area contributed by atoms with E-state index in [1.807, 2.05) is 19.1 Å². The molecule has 0 saturated carbocycles. The average Bonchev–Trinajstić information content (AvgIpc) is 2.72. The predicted octanol–water partition coefficient (Wildman–Crippen LogP) is 4.82. The fraction of sp³-hybridized carbons (Fsp3) is 0.190. The maximum atomic E-state index is 14.2. The number of benzene rings is 2. The molecule has 3 rings (SSSR count). The average molecular weight is 397 g/mol. The summed E-state index contributed by atoms with van der Waals surface area (Å²) in [4.78, 5) is 15.2. The smallest absolute Gasteiger partial charge is 0.301 e. The van der Waals surface area contributed by atoms with E-state index in [1.54, 1.807) is 25.3 Å². The highest BCUT2D eigenvalue weighted by molar-refractivity contribution is 5.80. The first-order chi connectivity index (χ1) is 14.0. The van der Waals surface area contributed by atoms with Crippen LogP contribution in [0.2, 0.25) is 0 Å². The zero-order valence-corrected chi connectivity index (χ0v) is 16.0. The van der Waals surface area contributed by atoms with Crippen LogP contribution in [-0.2, 0) is 6.54 Å². The summed E-state index contributed by atoms with van der Waals surface area (Å²) in [6.45, 7) is 2.66. The standard InChI is InChI=1S/C21H20FN3O4/c1-3-29-19-12-14(9-10-18(19)28-2)13-24-17-8-4-6-15(21(17)25(26)27)20-16(22)7-5-11-23-20/h4-12,24H,3,13H2,1-2H3. The predicted molar refractivity (Wildman–Crippen MR) is 108 cm³/mol. The normalized spacial score (nSPS) is 10.4. The molecule has 0 bridgehead atoms. The molecular weight excluding hydrogens is 377 g/mol. The van der Waals surface area contributed by atoms with Crippen LogP contribution in [0.4, 0.5) is 15.8 Å². The van der Waals surface area contributed by atoms with Gasteiger partial charge in [-0.1, -0.05) is 12.1 Å². The molecule has 0 saturated heterocycles. The number of nitrogens with zero attached hydrogens (tertiary/aromatic N) is 2. The van der Waals surface area contributed by atoms with Gasteiger partial charge in [0.05, 0.1) is 24.2 Å². The SMILES string of the molecule is CCOc1cc(CNc2cccc(-c3ncccc3F)c2[N+](=O)[O-])ccc1OC. The molecule has 0 amide bonds. The number of nitro groups is 1. The van der Waals surface area contributed by atoms with Gasteiger partial charge in [0, 0.05) is 12.7 Å². The molecule has 29 heavy (non-hydrogen) atoms. The molecule has 1 aromatic heterocycles. The summed E-state index contributed by atoms with van der Waals surface area (Å²) in [7, 11) is 1.56. The van der Waals surface area contributed by atoms with E-state index in [-0.39, 0.29) is 22.6 Å². The zero-order valence-electron chi connectivity index (χ0n) is 16.0. The van der Waals surface area contributed by atoms with Crippen molar-refractivity contribution in [1.29, 1.82) is 0 Å². The molecule has 2 aromatic carbocycles. The highest BCUT2D eigenvalue weighted by Gasteiger charge is 2.23. The Morgan fingerprint density at radius 2 is 2.00 bits per heavy atom. The highest BCUT2D eigenvalue weighted by Crippen LogP contribution is 2.36. The van der Waals surface area contributed by atoms with Crippen LogP contribution < -0.4 is 14.8 Å². The lowest BCUT2D eigenvalue weighted by Gasteiger charge is -2.13. The van der Waals surface area contributed by atoms with Gasteiger partial charge in [0.1, 0.15) is 17.2 Å². The first-order valence-electron chi connectivity index (χ1n) is 8.97. The fourth-order valence-corrected chi connectivity index (χ4v) is 2.95. The minimum absolute atomic E-state index is 0.0640. The van der Waals surface area contributed by atoms with Gasteiger partial charge in [-0.25, -0.2) is 4.39 Å². The molecule has 0 radical (unpaired) electrons. The van der Waals surface area contributed by atoms with E-state index in [2.05, 4.69) is 10.3 Å². The number of para-hydroxylation sites is 1. The molecule has 3 aromatic rings. The lowest BCUT2D eigenvalue weighted by atomic mass is 10.1. The highest BCUT2D eigenvalue weighted by atomic mass is 19.1. The zero-order chi connectivity index (χ0) is 20.8. The Bertz CT molecular complexity index is 1030. The van der Waals surface area contributed by atoms with E-state index >= 15 is 0 Å². The van der Waals surface area contributed by atoms with Crippen molar-refractivity contribution < 1.29 is 18.8 Å². The van der Waals surface area contributed by atoms with Crippen molar-refractivity contribution in [3.63, 3.8) is 0 Å². The fourth-order valence-electron chi connectivity index (χ4n) is 2.95. The van der Waals surface area contributed by atoms with Crippen molar-refractivity contribution >= 4 is 11.4 Å². The Balaban J connectivity index is 1.92. The molecule has 8 heteroatoms. The Morgan fingerprint density at radius 1 is 1.17 bits per heavy atom. The lowest BCUT2D eigenvalue weighted by Crippen LogP contribution is -2.05. The molecule has 1 N–H and O–H groups in total. The van der Waals surface area contributed by atoms with Gasteiger partial charge >= 0.3 is 5.69 Å². The van der Waals surface area contributed by atoms with E-state index in [4.69, 9.17) is 9.47 Å². The topological polar surface area (TPSA) is 86.5 Å². The summed E-state index contributed by atoms with van der Waals surface area (Å²) in [5.41, 5.74) is 0.932. The van der Waals surface area contributed by atoms with Gasteiger partial charge in [0.2, 0.25) is 0 Å². The van der Waals surface area contributed by atoms with Gasteiger partial charge in [0.15, 0.2) is 11.5 Å². The summed E-state index contributed by atoms with van der Waals surface area (Å²) in [5, 5.41) is 14.8. The van der Waals surface area contributed by atoms with Gasteiger partial charge in [-0.3, -0.25) is 15.1 Å². The number of aromatic nitrogens is 1. The number of ether oxygens (including phenoxy) is 2. The van der Waals surface area contributed by atoms with Crippen molar-refractivity contribution in [1.82, 2.24) is 4.98 Å². The minimum atomic E-state index is -0.621. The molecule has 0 unspecified atom stereocenters. The minimum Gasteiger partial charge on any atom is -0.493 e. The maximum Gasteiger partial charge on any atom is 0.301 e. The van der Waals surface area contributed by atoms with Crippen LogP contribution in [-0.4, -0.2) is 23.6 Å². The van der Waals surface area contributed by atoms with Crippen molar-refractivity contribution in [3.8, 4) is 22.8 Å². The second kappa shape index (κ2) is 9.01. The number of pyridine rings is 1. The number of methoxy groups -OCH3 is 1. The van der Waals surface area contributed by atoms with Crippen LogP contribution >= 0.6 is 0 Å². The third-order valence-electron chi connectivity index (χ3n) is 4.24. The quantitative estimate of drug-likeness (QED) is 0.433. The number of nitro benzene ring substituents is 1. The molecule has 0 spiro atoms. The third-order valence-corrected chi connectivity index (χ3v) is 4.24. The molecule has 0 fully saturated rings. The van der Waals surface area contributed by atoms with E-state index in [0.717, 1.165) is 5.56 Å². The van der Waals surface area contributed by atoms with Gasteiger partial charge in [-0.2, -0.15) is 0 Å². The molecular formula is C21H20FN3O4. The summed E-state index contributed by atoms with van der Waals surface area (Å²) >= 11 is 0. The second-order valence-electron chi connectivity index (χ2n) is 6.06. The first-order valence-corrected chi connectivity index (χ1v) is 8.97. The monoisotopic (exact) mass is 397 g/mol. The number of hydrogen-bond acceptors (Lipinski definition) is 6. The summed E-state index contributed by atoms with van der Waals surface area (Å²) in [6.07, 6.45) is 1.40. The Labute approximate surface area is 167 Å². The molecule has 7 nitrogen and oxygen atoms in total. The summed E-state index contributed by atoms with van der Waals surface area (Å²) in [6, 6.07) is 12.8. The summed E-state index contributed by atoms with van der Waals surface area (Å²) < 4.78 is 25.0.